The highest BCUT2D eigenvalue weighted by atomic mass is 19.1. The Morgan fingerprint density at radius 3 is 2.65 bits per heavy atom. The van der Waals surface area contributed by atoms with E-state index < -0.39 is 5.82 Å². The zero-order valence-electron chi connectivity index (χ0n) is 9.82. The minimum Gasteiger partial charge on any atom is -0.393 e. The number of likely N-dealkylation sites (tertiary alicyclic amines) is 1. The number of nitrogens with zero attached hydrogens (tertiary/aromatic N) is 1. The van der Waals surface area contributed by atoms with Crippen LogP contribution in [0.5, 0.6) is 0 Å². The van der Waals surface area contributed by atoms with Gasteiger partial charge in [0.15, 0.2) is 0 Å². The van der Waals surface area contributed by atoms with Crippen LogP contribution in [0.3, 0.4) is 0 Å². The summed E-state index contributed by atoms with van der Waals surface area (Å²) >= 11 is 0. The fraction of sp³-hybridized carbons (Fsp3) is 0.462. The molecule has 1 aromatic rings. The Morgan fingerprint density at radius 1 is 1.41 bits per heavy atom. The van der Waals surface area contributed by atoms with Gasteiger partial charge in [0.2, 0.25) is 0 Å². The fourth-order valence-corrected chi connectivity index (χ4v) is 2.03. The lowest BCUT2D eigenvalue weighted by Gasteiger charge is -2.29. The van der Waals surface area contributed by atoms with Gasteiger partial charge in [-0.15, -0.1) is 0 Å². The summed E-state index contributed by atoms with van der Waals surface area (Å²) < 4.78 is 13.6. The normalized spacial score (nSPS) is 17.2. The number of aryl methyl sites for hydroxylation is 1. The number of piperidine rings is 1. The summed E-state index contributed by atoms with van der Waals surface area (Å²) in [5, 5.41) is 9.36. The molecule has 1 aliphatic rings. The molecule has 1 amide bonds. The fourth-order valence-electron chi connectivity index (χ4n) is 2.03. The molecule has 1 aliphatic heterocycles. The van der Waals surface area contributed by atoms with Gasteiger partial charge in [-0.2, -0.15) is 0 Å². The van der Waals surface area contributed by atoms with E-state index in [1.54, 1.807) is 17.9 Å². The summed E-state index contributed by atoms with van der Waals surface area (Å²) in [6.07, 6.45) is 0.806. The van der Waals surface area contributed by atoms with Crippen molar-refractivity contribution in [3.63, 3.8) is 0 Å². The van der Waals surface area contributed by atoms with Crippen LogP contribution in [-0.4, -0.2) is 35.1 Å². The van der Waals surface area contributed by atoms with E-state index in [0.29, 0.717) is 25.9 Å². The lowest BCUT2D eigenvalue weighted by Crippen LogP contribution is -2.40. The smallest absolute Gasteiger partial charge is 0.256 e. The first kappa shape index (κ1) is 12.0. The number of rotatable bonds is 1. The maximum absolute atomic E-state index is 13.6. The maximum Gasteiger partial charge on any atom is 0.256 e. The summed E-state index contributed by atoms with van der Waals surface area (Å²) in [5.74, 6) is -0.754. The van der Waals surface area contributed by atoms with Gasteiger partial charge < -0.3 is 10.0 Å². The number of hydrogen-bond donors (Lipinski definition) is 1. The standard InChI is InChI=1S/C13H16FNO2/c1-9-2-3-11(12(14)8-9)13(17)15-6-4-10(16)5-7-15/h2-3,8,10,16H,4-7H2,1H3. The first-order valence-corrected chi connectivity index (χ1v) is 5.81. The average Bonchev–Trinajstić information content (AvgIpc) is 2.29. The topological polar surface area (TPSA) is 40.5 Å². The van der Waals surface area contributed by atoms with E-state index in [1.807, 2.05) is 0 Å². The molecule has 0 radical (unpaired) electrons. The molecule has 0 aromatic heterocycles. The number of aliphatic hydroxyl groups is 1. The summed E-state index contributed by atoms with van der Waals surface area (Å²) in [6, 6.07) is 4.62. The van der Waals surface area contributed by atoms with E-state index in [2.05, 4.69) is 0 Å². The number of amides is 1. The second-order valence-corrected chi connectivity index (χ2v) is 4.51. The van der Waals surface area contributed by atoms with Gasteiger partial charge in [-0.25, -0.2) is 4.39 Å². The Morgan fingerprint density at radius 2 is 2.06 bits per heavy atom. The summed E-state index contributed by atoms with van der Waals surface area (Å²) in [4.78, 5) is 13.6. The molecule has 3 nitrogen and oxygen atoms in total. The average molecular weight is 237 g/mol. The van der Waals surface area contributed by atoms with Gasteiger partial charge >= 0.3 is 0 Å². The van der Waals surface area contributed by atoms with Crippen molar-refractivity contribution in [2.24, 2.45) is 0 Å². The van der Waals surface area contributed by atoms with Crippen LogP contribution < -0.4 is 0 Å². The van der Waals surface area contributed by atoms with Gasteiger partial charge in [-0.3, -0.25) is 4.79 Å². The van der Waals surface area contributed by atoms with Crippen molar-refractivity contribution in [3.05, 3.63) is 35.1 Å². The van der Waals surface area contributed by atoms with Gasteiger partial charge in [-0.1, -0.05) is 6.07 Å². The molecule has 2 rings (SSSR count). The molecule has 0 aliphatic carbocycles. The van der Waals surface area contributed by atoms with Crippen LogP contribution in [0.2, 0.25) is 0 Å². The van der Waals surface area contributed by atoms with Crippen molar-refractivity contribution in [1.82, 2.24) is 4.90 Å². The first-order chi connectivity index (χ1) is 8.08. The molecule has 1 saturated heterocycles. The maximum atomic E-state index is 13.6. The zero-order chi connectivity index (χ0) is 12.4. The molecule has 1 N–H and O–H groups in total. The lowest BCUT2D eigenvalue weighted by molar-refractivity contribution is 0.0543. The third-order valence-corrected chi connectivity index (χ3v) is 3.11. The lowest BCUT2D eigenvalue weighted by atomic mass is 10.1. The van der Waals surface area contributed by atoms with Crippen LogP contribution in [0.25, 0.3) is 0 Å². The predicted octanol–water partition coefficient (Wildman–Crippen LogP) is 1.73. The van der Waals surface area contributed by atoms with Crippen LogP contribution in [-0.2, 0) is 0 Å². The van der Waals surface area contributed by atoms with E-state index in [9.17, 15) is 14.3 Å². The Hall–Kier alpha value is -1.42. The third-order valence-electron chi connectivity index (χ3n) is 3.11. The highest BCUT2D eigenvalue weighted by Gasteiger charge is 2.23. The minimum absolute atomic E-state index is 0.118. The third kappa shape index (κ3) is 2.64. The Kier molecular flexibility index (Phi) is 3.43. The largest absolute Gasteiger partial charge is 0.393 e. The van der Waals surface area contributed by atoms with Crippen LogP contribution >= 0.6 is 0 Å². The second kappa shape index (κ2) is 4.84. The summed E-state index contributed by atoms with van der Waals surface area (Å²) in [5.41, 5.74) is 0.917. The Labute approximate surface area is 99.9 Å². The van der Waals surface area contributed by atoms with Crippen LogP contribution in [0.1, 0.15) is 28.8 Å². The molecule has 0 spiro atoms. The van der Waals surface area contributed by atoms with Crippen molar-refractivity contribution >= 4 is 5.91 Å². The second-order valence-electron chi connectivity index (χ2n) is 4.51. The van der Waals surface area contributed by atoms with Gasteiger partial charge in [0.05, 0.1) is 11.7 Å². The minimum atomic E-state index is -0.471. The van der Waals surface area contributed by atoms with Crippen molar-refractivity contribution in [2.75, 3.05) is 13.1 Å². The van der Waals surface area contributed by atoms with Crippen molar-refractivity contribution in [1.29, 1.82) is 0 Å². The quantitative estimate of drug-likeness (QED) is 0.808. The molecule has 0 unspecified atom stereocenters. The number of hydrogen-bond acceptors (Lipinski definition) is 2. The Bertz CT molecular complexity index is 425. The molecule has 17 heavy (non-hydrogen) atoms. The van der Waals surface area contributed by atoms with Crippen molar-refractivity contribution < 1.29 is 14.3 Å². The highest BCUT2D eigenvalue weighted by Crippen LogP contribution is 2.16. The highest BCUT2D eigenvalue weighted by molar-refractivity contribution is 5.94. The predicted molar refractivity (Wildman–Crippen MR) is 62.3 cm³/mol. The molecular formula is C13H16FNO2. The first-order valence-electron chi connectivity index (χ1n) is 5.81. The number of benzene rings is 1. The van der Waals surface area contributed by atoms with E-state index >= 15 is 0 Å². The van der Waals surface area contributed by atoms with Gasteiger partial charge in [0, 0.05) is 13.1 Å². The van der Waals surface area contributed by atoms with E-state index in [4.69, 9.17) is 0 Å². The SMILES string of the molecule is Cc1ccc(C(=O)N2CCC(O)CC2)c(F)c1. The molecule has 0 saturated carbocycles. The van der Waals surface area contributed by atoms with E-state index in [-0.39, 0.29) is 17.6 Å². The van der Waals surface area contributed by atoms with Gasteiger partial charge in [0.1, 0.15) is 5.82 Å². The number of aliphatic hydroxyl groups excluding tert-OH is 1. The molecule has 1 aromatic carbocycles. The molecule has 4 heteroatoms. The molecule has 0 bridgehead atoms. The Balaban J connectivity index is 2.14. The van der Waals surface area contributed by atoms with Crippen molar-refractivity contribution in [2.45, 2.75) is 25.9 Å². The molecule has 92 valence electrons. The molecule has 1 fully saturated rings. The van der Waals surface area contributed by atoms with E-state index in [0.717, 1.165) is 5.56 Å². The summed E-state index contributed by atoms with van der Waals surface area (Å²) in [7, 11) is 0. The molecule has 0 atom stereocenters. The van der Waals surface area contributed by atoms with Crippen LogP contribution in [0.15, 0.2) is 18.2 Å². The van der Waals surface area contributed by atoms with E-state index in [1.165, 1.54) is 12.1 Å². The van der Waals surface area contributed by atoms with Gasteiger partial charge in [0.25, 0.3) is 5.91 Å². The zero-order valence-corrected chi connectivity index (χ0v) is 9.82. The van der Waals surface area contributed by atoms with Crippen LogP contribution in [0, 0.1) is 12.7 Å². The van der Waals surface area contributed by atoms with Gasteiger partial charge in [-0.05, 0) is 37.5 Å². The number of carbonyl (C=O) groups excluding carboxylic acids is 1. The van der Waals surface area contributed by atoms with Crippen LogP contribution in [0.4, 0.5) is 4.39 Å². The molecule has 1 heterocycles. The monoisotopic (exact) mass is 237 g/mol. The number of carbonyl (C=O) groups is 1. The number of halogens is 1. The van der Waals surface area contributed by atoms with Crippen molar-refractivity contribution in [3.8, 4) is 0 Å². The molecular weight excluding hydrogens is 221 g/mol. The summed E-state index contributed by atoms with van der Waals surface area (Å²) in [6.45, 7) is 2.77.